The van der Waals surface area contributed by atoms with Gasteiger partial charge in [-0.3, -0.25) is 4.79 Å². The Morgan fingerprint density at radius 1 is 1.64 bits per heavy atom. The number of hydrogen-bond acceptors (Lipinski definition) is 2. The predicted molar refractivity (Wildman–Crippen MR) is 51.8 cm³/mol. The van der Waals surface area contributed by atoms with Crippen LogP contribution in [0.4, 0.5) is 8.78 Å². The van der Waals surface area contributed by atoms with Crippen molar-refractivity contribution in [3.05, 3.63) is 21.3 Å². The predicted octanol–water partition coefficient (Wildman–Crippen LogP) is 2.63. The van der Waals surface area contributed by atoms with E-state index >= 15 is 0 Å². The van der Waals surface area contributed by atoms with Crippen LogP contribution in [0.3, 0.4) is 0 Å². The quantitative estimate of drug-likeness (QED) is 0.794. The van der Waals surface area contributed by atoms with E-state index in [1.54, 1.807) is 12.1 Å². The Morgan fingerprint density at radius 2 is 2.29 bits per heavy atom. The Hall–Kier alpha value is -0.680. The summed E-state index contributed by atoms with van der Waals surface area (Å²) in [5, 5.41) is 0. The first-order valence-corrected chi connectivity index (χ1v) is 4.97. The van der Waals surface area contributed by atoms with Crippen LogP contribution >= 0.6 is 22.9 Å². The lowest BCUT2D eigenvalue weighted by atomic mass is 10.4. The molecule has 1 heterocycles. The molecule has 0 spiro atoms. The van der Waals surface area contributed by atoms with E-state index in [-0.39, 0.29) is 6.54 Å². The molecule has 0 aliphatic heterocycles. The highest BCUT2D eigenvalue weighted by Gasteiger charge is 2.20. The molecular formula is C8H8ClF2NOS. The summed E-state index contributed by atoms with van der Waals surface area (Å²) in [6.45, 7) is 0.167. The van der Waals surface area contributed by atoms with Gasteiger partial charge in [0.25, 0.3) is 5.91 Å². The standard InChI is InChI=1S/C8H8ClF2NOS/c1-12(8(13)7(10)11)4-5-2-3-6(9)14-5/h2-3,7H,4H2,1H3. The minimum atomic E-state index is -2.95. The summed E-state index contributed by atoms with van der Waals surface area (Å²) in [6.07, 6.45) is -2.95. The van der Waals surface area contributed by atoms with Gasteiger partial charge < -0.3 is 4.90 Å². The topological polar surface area (TPSA) is 20.3 Å². The van der Waals surface area contributed by atoms with E-state index in [2.05, 4.69) is 0 Å². The molecule has 0 fully saturated rings. The number of carbonyl (C=O) groups excluding carboxylic acids is 1. The average molecular weight is 240 g/mol. The van der Waals surface area contributed by atoms with Gasteiger partial charge in [-0.1, -0.05) is 11.6 Å². The van der Waals surface area contributed by atoms with Gasteiger partial charge in [-0.2, -0.15) is 8.78 Å². The zero-order valence-electron chi connectivity index (χ0n) is 7.34. The van der Waals surface area contributed by atoms with Crippen LogP contribution in [0.15, 0.2) is 12.1 Å². The maximum absolute atomic E-state index is 12.0. The fraction of sp³-hybridized carbons (Fsp3) is 0.375. The lowest BCUT2D eigenvalue weighted by Crippen LogP contribution is -2.31. The molecule has 6 heteroatoms. The van der Waals surface area contributed by atoms with Gasteiger partial charge in [0.2, 0.25) is 0 Å². The van der Waals surface area contributed by atoms with Crippen molar-refractivity contribution < 1.29 is 13.6 Å². The molecule has 0 aliphatic rings. The molecule has 2 nitrogen and oxygen atoms in total. The third-order valence-corrected chi connectivity index (χ3v) is 2.80. The Labute approximate surface area is 89.1 Å². The van der Waals surface area contributed by atoms with E-state index in [4.69, 9.17) is 11.6 Å². The molecule has 0 atom stereocenters. The van der Waals surface area contributed by atoms with Crippen LogP contribution in [0.1, 0.15) is 4.88 Å². The second-order valence-corrected chi connectivity index (χ2v) is 4.50. The summed E-state index contributed by atoms with van der Waals surface area (Å²) < 4.78 is 24.5. The van der Waals surface area contributed by atoms with Crippen molar-refractivity contribution in [2.45, 2.75) is 13.0 Å². The molecule has 0 N–H and O–H groups in total. The van der Waals surface area contributed by atoms with Gasteiger partial charge >= 0.3 is 6.43 Å². The van der Waals surface area contributed by atoms with Gasteiger partial charge in [0.15, 0.2) is 0 Å². The van der Waals surface area contributed by atoms with Gasteiger partial charge in [0.05, 0.1) is 10.9 Å². The van der Waals surface area contributed by atoms with Crippen molar-refractivity contribution >= 4 is 28.8 Å². The van der Waals surface area contributed by atoms with Gasteiger partial charge in [0.1, 0.15) is 0 Å². The van der Waals surface area contributed by atoms with E-state index in [9.17, 15) is 13.6 Å². The van der Waals surface area contributed by atoms with Crippen molar-refractivity contribution in [2.24, 2.45) is 0 Å². The van der Waals surface area contributed by atoms with E-state index in [0.717, 1.165) is 9.78 Å². The maximum atomic E-state index is 12.0. The lowest BCUT2D eigenvalue weighted by molar-refractivity contribution is -0.141. The Morgan fingerprint density at radius 3 is 2.71 bits per heavy atom. The summed E-state index contributed by atoms with van der Waals surface area (Å²) in [5.41, 5.74) is 0. The smallest absolute Gasteiger partial charge is 0.315 e. The van der Waals surface area contributed by atoms with Crippen LogP contribution in [0.5, 0.6) is 0 Å². The van der Waals surface area contributed by atoms with E-state index in [0.29, 0.717) is 4.34 Å². The van der Waals surface area contributed by atoms with E-state index in [1.165, 1.54) is 18.4 Å². The summed E-state index contributed by atoms with van der Waals surface area (Å²) in [7, 11) is 1.34. The van der Waals surface area contributed by atoms with Gasteiger partial charge in [-0.25, -0.2) is 0 Å². The molecule has 0 radical (unpaired) electrons. The molecule has 1 aromatic heterocycles. The first-order valence-electron chi connectivity index (χ1n) is 3.78. The SMILES string of the molecule is CN(Cc1ccc(Cl)s1)C(=O)C(F)F. The van der Waals surface area contributed by atoms with Crippen LogP contribution < -0.4 is 0 Å². The van der Waals surface area contributed by atoms with Crippen molar-refractivity contribution in [2.75, 3.05) is 7.05 Å². The molecule has 0 bridgehead atoms. The second-order valence-electron chi connectivity index (χ2n) is 2.70. The number of carbonyl (C=O) groups is 1. The number of rotatable bonds is 3. The zero-order valence-corrected chi connectivity index (χ0v) is 8.91. The number of amides is 1. The van der Waals surface area contributed by atoms with Crippen LogP contribution in [0.2, 0.25) is 4.34 Å². The highest BCUT2D eigenvalue weighted by atomic mass is 35.5. The van der Waals surface area contributed by atoms with Crippen LogP contribution in [-0.4, -0.2) is 24.3 Å². The van der Waals surface area contributed by atoms with Gasteiger partial charge in [-0.15, -0.1) is 11.3 Å². The van der Waals surface area contributed by atoms with E-state index < -0.39 is 12.3 Å². The molecule has 0 saturated heterocycles. The monoisotopic (exact) mass is 239 g/mol. The number of hydrogen-bond donors (Lipinski definition) is 0. The normalized spacial score (nSPS) is 10.6. The summed E-state index contributed by atoms with van der Waals surface area (Å²) in [6, 6.07) is 3.38. The highest BCUT2D eigenvalue weighted by molar-refractivity contribution is 7.16. The molecule has 0 aliphatic carbocycles. The molecule has 0 aromatic carbocycles. The first kappa shape index (κ1) is 11.4. The molecule has 1 amide bonds. The molecule has 1 rings (SSSR count). The van der Waals surface area contributed by atoms with E-state index in [1.807, 2.05) is 0 Å². The number of thiophene rings is 1. The molecule has 0 unspecified atom stereocenters. The average Bonchev–Trinajstić information content (AvgIpc) is 2.49. The molecular weight excluding hydrogens is 232 g/mol. The second kappa shape index (κ2) is 4.70. The number of nitrogens with zero attached hydrogens (tertiary/aromatic N) is 1. The van der Waals surface area contributed by atoms with Crippen molar-refractivity contribution in [3.8, 4) is 0 Å². The minimum Gasteiger partial charge on any atom is -0.336 e. The fourth-order valence-corrected chi connectivity index (χ4v) is 2.06. The lowest BCUT2D eigenvalue weighted by Gasteiger charge is -2.14. The van der Waals surface area contributed by atoms with Gasteiger partial charge in [0, 0.05) is 11.9 Å². The first-order chi connectivity index (χ1) is 6.50. The summed E-state index contributed by atoms with van der Waals surface area (Å²) >= 11 is 6.92. The zero-order chi connectivity index (χ0) is 10.7. The molecule has 1 aromatic rings. The van der Waals surface area contributed by atoms with Crippen LogP contribution in [0.25, 0.3) is 0 Å². The van der Waals surface area contributed by atoms with Crippen molar-refractivity contribution in [3.63, 3.8) is 0 Å². The Kier molecular flexibility index (Phi) is 3.83. The largest absolute Gasteiger partial charge is 0.336 e. The van der Waals surface area contributed by atoms with Crippen molar-refractivity contribution in [1.82, 2.24) is 4.90 Å². The maximum Gasteiger partial charge on any atom is 0.315 e. The fourth-order valence-electron chi connectivity index (χ4n) is 0.915. The molecule has 14 heavy (non-hydrogen) atoms. The Bertz CT molecular complexity index is 329. The highest BCUT2D eigenvalue weighted by Crippen LogP contribution is 2.22. The van der Waals surface area contributed by atoms with Crippen LogP contribution in [-0.2, 0) is 11.3 Å². The third kappa shape index (κ3) is 2.92. The van der Waals surface area contributed by atoms with Crippen LogP contribution in [0, 0.1) is 0 Å². The molecule has 78 valence electrons. The third-order valence-electron chi connectivity index (χ3n) is 1.58. The molecule has 0 saturated carbocycles. The minimum absolute atomic E-state index is 0.167. The summed E-state index contributed by atoms with van der Waals surface area (Å²) in [5.74, 6) is -1.17. The Balaban J connectivity index is 2.57. The van der Waals surface area contributed by atoms with Crippen molar-refractivity contribution in [1.29, 1.82) is 0 Å². The number of halogens is 3. The van der Waals surface area contributed by atoms with Gasteiger partial charge in [-0.05, 0) is 12.1 Å². The summed E-state index contributed by atoms with van der Waals surface area (Å²) in [4.78, 5) is 12.6. The number of alkyl halides is 2.